The molecule has 7 heteroatoms. The van der Waals surface area contributed by atoms with E-state index in [0.29, 0.717) is 24.0 Å². The minimum atomic E-state index is -0.334. The van der Waals surface area contributed by atoms with Crippen molar-refractivity contribution in [1.82, 2.24) is 14.5 Å². The first-order chi connectivity index (χ1) is 22.3. The molecular weight excluding hydrogens is 573 g/mol. The van der Waals surface area contributed by atoms with Gasteiger partial charge in [-0.2, -0.15) is 0 Å². The van der Waals surface area contributed by atoms with Crippen LogP contribution in [0.25, 0.3) is 27.6 Å². The van der Waals surface area contributed by atoms with Gasteiger partial charge in [0.15, 0.2) is 5.82 Å². The van der Waals surface area contributed by atoms with Crippen LogP contribution in [0, 0.1) is 33.5 Å². The van der Waals surface area contributed by atoms with Gasteiger partial charge in [0.05, 0.1) is 16.7 Å². The lowest BCUT2D eigenvalue weighted by Gasteiger charge is -2.25. The zero-order valence-electron chi connectivity index (χ0n) is 26.1. The molecule has 0 unspecified atom stereocenters. The van der Waals surface area contributed by atoms with Gasteiger partial charge in [0.25, 0.3) is 0 Å². The smallest absolute Gasteiger partial charge is 0.158 e. The minimum absolute atomic E-state index is 0.334. The molecule has 3 aromatic heterocycles. The SMILES string of the molecule is Cc1cc(C)c(N2CN(c3cccc(Oc4ccc5c6ccccc6n(-c6cc(F)ccn6)c5c4)c3)c3nc(C)ccc32)c(C)c1. The Hall–Kier alpha value is -5.69. The maximum Gasteiger partial charge on any atom is 0.158 e. The second-order valence-corrected chi connectivity index (χ2v) is 12.0. The molecule has 0 atom stereocenters. The number of rotatable bonds is 5. The van der Waals surface area contributed by atoms with Gasteiger partial charge in [-0.1, -0.05) is 42.0 Å². The first-order valence-electron chi connectivity index (χ1n) is 15.4. The molecule has 0 spiro atoms. The molecule has 0 fully saturated rings. The monoisotopic (exact) mass is 605 g/mol. The van der Waals surface area contributed by atoms with Crippen LogP contribution in [-0.4, -0.2) is 21.2 Å². The summed E-state index contributed by atoms with van der Waals surface area (Å²) in [5, 5.41) is 2.11. The summed E-state index contributed by atoms with van der Waals surface area (Å²) in [4.78, 5) is 14.1. The Morgan fingerprint density at radius 1 is 0.696 bits per heavy atom. The number of ether oxygens (including phenoxy) is 1. The first kappa shape index (κ1) is 27.8. The molecule has 0 bridgehead atoms. The molecule has 226 valence electrons. The van der Waals surface area contributed by atoms with E-state index in [1.807, 2.05) is 54.0 Å². The third-order valence-corrected chi connectivity index (χ3v) is 8.68. The molecule has 0 aliphatic carbocycles. The van der Waals surface area contributed by atoms with Gasteiger partial charge in [0.2, 0.25) is 0 Å². The van der Waals surface area contributed by atoms with E-state index in [1.54, 1.807) is 0 Å². The van der Waals surface area contributed by atoms with Gasteiger partial charge >= 0.3 is 0 Å². The summed E-state index contributed by atoms with van der Waals surface area (Å²) in [7, 11) is 0. The van der Waals surface area contributed by atoms with Gasteiger partial charge in [-0.15, -0.1) is 0 Å². The summed E-state index contributed by atoms with van der Waals surface area (Å²) in [6.45, 7) is 9.15. The Labute approximate surface area is 266 Å². The van der Waals surface area contributed by atoms with Crippen LogP contribution in [-0.2, 0) is 0 Å². The van der Waals surface area contributed by atoms with Crippen molar-refractivity contribution in [2.24, 2.45) is 0 Å². The second kappa shape index (κ2) is 10.7. The Morgan fingerprint density at radius 2 is 1.48 bits per heavy atom. The highest BCUT2D eigenvalue weighted by Crippen LogP contribution is 2.46. The highest BCUT2D eigenvalue weighted by atomic mass is 19.1. The molecule has 0 radical (unpaired) electrons. The zero-order valence-corrected chi connectivity index (χ0v) is 26.1. The van der Waals surface area contributed by atoms with Gasteiger partial charge in [-0.25, -0.2) is 14.4 Å². The number of pyridine rings is 2. The van der Waals surface area contributed by atoms with E-state index in [0.717, 1.165) is 44.7 Å². The molecule has 0 saturated carbocycles. The standard InChI is InChI=1S/C39H32FN5O/c1-24-18-25(2)38(26(3)19-24)44-23-43(39-35(44)15-12-27(4)42-39)29-8-7-9-30(21-29)46-31-13-14-33-32-10-5-6-11-34(32)45(36(33)22-31)37-20-28(40)16-17-41-37/h5-22H,23H2,1-4H3. The lowest BCUT2D eigenvalue weighted by molar-refractivity contribution is 0.483. The fraction of sp³-hybridized carbons (Fsp3) is 0.128. The minimum Gasteiger partial charge on any atom is -0.457 e. The molecule has 4 heterocycles. The van der Waals surface area contributed by atoms with Crippen LogP contribution in [0.1, 0.15) is 22.4 Å². The summed E-state index contributed by atoms with van der Waals surface area (Å²) in [5.41, 5.74) is 9.82. The van der Waals surface area contributed by atoms with Gasteiger partial charge in [0, 0.05) is 52.2 Å². The quantitative estimate of drug-likeness (QED) is 0.195. The van der Waals surface area contributed by atoms with Crippen molar-refractivity contribution >= 4 is 44.7 Å². The number of nitrogens with zero attached hydrogens (tertiary/aromatic N) is 5. The Kier molecular flexibility index (Phi) is 6.49. The van der Waals surface area contributed by atoms with Crippen LogP contribution < -0.4 is 14.5 Å². The van der Waals surface area contributed by atoms with Crippen molar-refractivity contribution in [2.45, 2.75) is 27.7 Å². The van der Waals surface area contributed by atoms with E-state index in [9.17, 15) is 4.39 Å². The summed E-state index contributed by atoms with van der Waals surface area (Å²) < 4.78 is 22.8. The molecule has 0 amide bonds. The van der Waals surface area contributed by atoms with E-state index in [2.05, 4.69) is 84.1 Å². The van der Waals surface area contributed by atoms with Gasteiger partial charge in [-0.3, -0.25) is 4.57 Å². The summed E-state index contributed by atoms with van der Waals surface area (Å²) in [5.74, 6) is 2.49. The molecule has 0 saturated heterocycles. The number of aryl methyl sites for hydroxylation is 4. The summed E-state index contributed by atoms with van der Waals surface area (Å²) in [6, 6.07) is 33.8. The molecule has 7 aromatic rings. The van der Waals surface area contributed by atoms with Crippen LogP contribution in [0.3, 0.4) is 0 Å². The predicted octanol–water partition coefficient (Wildman–Crippen LogP) is 9.99. The number of benzene rings is 4. The van der Waals surface area contributed by atoms with Crippen LogP contribution >= 0.6 is 0 Å². The number of hydrogen-bond acceptors (Lipinski definition) is 5. The molecule has 8 rings (SSSR count). The van der Waals surface area contributed by atoms with E-state index < -0.39 is 0 Å². The Bertz CT molecular complexity index is 2290. The van der Waals surface area contributed by atoms with E-state index >= 15 is 0 Å². The lowest BCUT2D eigenvalue weighted by Crippen LogP contribution is -2.25. The lowest BCUT2D eigenvalue weighted by atomic mass is 10.0. The number of aromatic nitrogens is 3. The van der Waals surface area contributed by atoms with Crippen LogP contribution in [0.15, 0.2) is 109 Å². The van der Waals surface area contributed by atoms with Gasteiger partial charge in [-0.05, 0) is 87.4 Å². The topological polar surface area (TPSA) is 46.4 Å². The van der Waals surface area contributed by atoms with Crippen LogP contribution in [0.5, 0.6) is 11.5 Å². The highest BCUT2D eigenvalue weighted by Gasteiger charge is 2.31. The van der Waals surface area contributed by atoms with Crippen LogP contribution in [0.2, 0.25) is 0 Å². The van der Waals surface area contributed by atoms with Crippen LogP contribution in [0.4, 0.5) is 27.3 Å². The van der Waals surface area contributed by atoms with E-state index in [4.69, 9.17) is 9.72 Å². The second-order valence-electron chi connectivity index (χ2n) is 12.0. The highest BCUT2D eigenvalue weighted by molar-refractivity contribution is 6.09. The number of anilines is 4. The molecule has 4 aromatic carbocycles. The molecule has 6 nitrogen and oxygen atoms in total. The summed E-state index contributed by atoms with van der Waals surface area (Å²) >= 11 is 0. The number of para-hydroxylation sites is 1. The van der Waals surface area contributed by atoms with E-state index in [1.165, 1.54) is 40.7 Å². The Balaban J connectivity index is 1.17. The van der Waals surface area contributed by atoms with Crippen molar-refractivity contribution in [3.8, 4) is 17.3 Å². The van der Waals surface area contributed by atoms with E-state index in [-0.39, 0.29) is 5.82 Å². The van der Waals surface area contributed by atoms with Crippen molar-refractivity contribution in [2.75, 3.05) is 16.5 Å². The first-order valence-corrected chi connectivity index (χ1v) is 15.4. The number of halogens is 1. The molecule has 0 N–H and O–H groups in total. The van der Waals surface area contributed by atoms with Crippen molar-refractivity contribution in [3.05, 3.63) is 138 Å². The fourth-order valence-corrected chi connectivity index (χ4v) is 6.85. The zero-order chi connectivity index (χ0) is 31.5. The normalized spacial score (nSPS) is 12.7. The van der Waals surface area contributed by atoms with Crippen molar-refractivity contribution in [1.29, 1.82) is 0 Å². The van der Waals surface area contributed by atoms with Gasteiger partial charge in [0.1, 0.15) is 29.8 Å². The average molecular weight is 606 g/mol. The van der Waals surface area contributed by atoms with Gasteiger partial charge < -0.3 is 14.5 Å². The predicted molar refractivity (Wildman–Crippen MR) is 184 cm³/mol. The van der Waals surface area contributed by atoms with Crippen molar-refractivity contribution < 1.29 is 9.13 Å². The third kappa shape index (κ3) is 4.63. The number of hydrogen-bond donors (Lipinski definition) is 0. The maximum absolute atomic E-state index is 14.3. The maximum atomic E-state index is 14.3. The largest absolute Gasteiger partial charge is 0.457 e. The average Bonchev–Trinajstić information content (AvgIpc) is 3.56. The molecule has 46 heavy (non-hydrogen) atoms. The molecule has 1 aliphatic rings. The Morgan fingerprint density at radius 3 is 2.30 bits per heavy atom. The third-order valence-electron chi connectivity index (χ3n) is 8.68. The molecular formula is C39H32FN5O. The summed E-state index contributed by atoms with van der Waals surface area (Å²) in [6.07, 6.45) is 1.49. The number of fused-ring (bicyclic) bond motifs is 4. The van der Waals surface area contributed by atoms with Crippen molar-refractivity contribution in [3.63, 3.8) is 0 Å². The molecule has 1 aliphatic heterocycles. The fourth-order valence-electron chi connectivity index (χ4n) is 6.85.